The van der Waals surface area contributed by atoms with Gasteiger partial charge in [0, 0.05) is 19.8 Å². The van der Waals surface area contributed by atoms with Crippen LogP contribution in [0.2, 0.25) is 0 Å². The number of carbonyl (C=O) groups is 2. The van der Waals surface area contributed by atoms with Crippen LogP contribution in [0.3, 0.4) is 0 Å². The zero-order valence-corrected chi connectivity index (χ0v) is 18.6. The van der Waals surface area contributed by atoms with Gasteiger partial charge in [-0.3, -0.25) is 4.79 Å². The smallest absolute Gasteiger partial charge is 0.354 e. The molecule has 1 amide bonds. The third-order valence-electron chi connectivity index (χ3n) is 5.02. The van der Waals surface area contributed by atoms with Gasteiger partial charge in [0.25, 0.3) is 0 Å². The molecule has 0 saturated carbocycles. The molecule has 0 spiro atoms. The van der Waals surface area contributed by atoms with Crippen molar-refractivity contribution in [1.29, 1.82) is 0 Å². The summed E-state index contributed by atoms with van der Waals surface area (Å²) in [6, 6.07) is 7.44. The summed E-state index contributed by atoms with van der Waals surface area (Å²) in [5.41, 5.74) is 0.620. The summed E-state index contributed by atoms with van der Waals surface area (Å²) in [5.74, 6) is -0.502. The van der Waals surface area contributed by atoms with E-state index in [9.17, 15) is 18.0 Å². The van der Waals surface area contributed by atoms with E-state index in [0.717, 1.165) is 0 Å². The molecular formula is C21H27N3O6S. The van der Waals surface area contributed by atoms with Crippen molar-refractivity contribution in [1.82, 2.24) is 8.87 Å². The lowest BCUT2D eigenvalue weighted by molar-refractivity contribution is -0.119. The van der Waals surface area contributed by atoms with Crippen LogP contribution in [0.25, 0.3) is 0 Å². The number of sulfonamides is 1. The van der Waals surface area contributed by atoms with Gasteiger partial charge < -0.3 is 19.4 Å². The number of hydrogen-bond donors (Lipinski definition) is 1. The largest absolute Gasteiger partial charge is 0.492 e. The molecule has 0 bridgehead atoms. The zero-order valence-electron chi connectivity index (χ0n) is 17.8. The molecule has 9 nitrogen and oxygen atoms in total. The van der Waals surface area contributed by atoms with Crippen molar-refractivity contribution in [2.24, 2.45) is 7.05 Å². The number of aryl methyl sites for hydroxylation is 1. The van der Waals surface area contributed by atoms with Crippen molar-refractivity contribution in [2.45, 2.75) is 37.6 Å². The molecule has 1 saturated heterocycles. The Morgan fingerprint density at radius 2 is 1.94 bits per heavy atom. The highest BCUT2D eigenvalue weighted by Crippen LogP contribution is 2.30. The maximum atomic E-state index is 13.3. The van der Waals surface area contributed by atoms with Crippen LogP contribution in [-0.2, 0) is 26.6 Å². The number of hydrogen-bond acceptors (Lipinski definition) is 6. The predicted octanol–water partition coefficient (Wildman–Crippen LogP) is 2.39. The molecular weight excluding hydrogens is 422 g/mol. The van der Waals surface area contributed by atoms with E-state index < -0.39 is 27.9 Å². The van der Waals surface area contributed by atoms with E-state index in [4.69, 9.17) is 9.47 Å². The number of esters is 1. The average molecular weight is 450 g/mol. The molecule has 1 atom stereocenters. The fourth-order valence-electron chi connectivity index (χ4n) is 3.58. The second-order valence-electron chi connectivity index (χ2n) is 7.08. The zero-order chi connectivity index (χ0) is 22.6. The van der Waals surface area contributed by atoms with Gasteiger partial charge in [-0.2, -0.15) is 4.31 Å². The minimum Gasteiger partial charge on any atom is -0.492 e. The first-order valence-corrected chi connectivity index (χ1v) is 11.6. The topological polar surface area (TPSA) is 107 Å². The second-order valence-corrected chi connectivity index (χ2v) is 8.98. The SMILES string of the molecule is CCOC(=O)c1cc(S(=O)(=O)N2CCC[C@@H]2C(=O)Nc2ccccc2OCC)cn1C. The van der Waals surface area contributed by atoms with E-state index in [1.165, 1.54) is 21.1 Å². The molecule has 0 unspecified atom stereocenters. The van der Waals surface area contributed by atoms with Crippen molar-refractivity contribution in [2.75, 3.05) is 25.1 Å². The lowest BCUT2D eigenvalue weighted by atomic mass is 10.2. The predicted molar refractivity (Wildman–Crippen MR) is 115 cm³/mol. The summed E-state index contributed by atoms with van der Waals surface area (Å²) in [6.07, 6.45) is 2.32. The van der Waals surface area contributed by atoms with E-state index >= 15 is 0 Å². The van der Waals surface area contributed by atoms with Gasteiger partial charge in [0.15, 0.2) is 0 Å². The summed E-state index contributed by atoms with van der Waals surface area (Å²) in [5, 5.41) is 2.79. The van der Waals surface area contributed by atoms with Gasteiger partial charge in [-0.05, 0) is 44.9 Å². The van der Waals surface area contributed by atoms with Gasteiger partial charge in [-0.15, -0.1) is 0 Å². The Bertz CT molecular complexity index is 1060. The maximum absolute atomic E-state index is 13.3. The first-order valence-electron chi connectivity index (χ1n) is 10.2. The van der Waals surface area contributed by atoms with Crippen LogP contribution in [0.15, 0.2) is 41.4 Å². The van der Waals surface area contributed by atoms with E-state index in [1.807, 2.05) is 6.92 Å². The van der Waals surface area contributed by atoms with E-state index in [2.05, 4.69) is 5.32 Å². The molecule has 2 heterocycles. The van der Waals surface area contributed by atoms with E-state index in [-0.39, 0.29) is 23.7 Å². The second kappa shape index (κ2) is 9.52. The number of anilines is 1. The Kier molecular flexibility index (Phi) is 7.01. The van der Waals surface area contributed by atoms with Gasteiger partial charge in [0.2, 0.25) is 15.9 Å². The lowest BCUT2D eigenvalue weighted by Gasteiger charge is -2.23. The van der Waals surface area contributed by atoms with E-state index in [1.54, 1.807) is 38.2 Å². The number of rotatable bonds is 8. The highest BCUT2D eigenvalue weighted by molar-refractivity contribution is 7.89. The van der Waals surface area contributed by atoms with Crippen molar-refractivity contribution < 1.29 is 27.5 Å². The molecule has 0 aliphatic carbocycles. The van der Waals surface area contributed by atoms with Crippen LogP contribution in [0.1, 0.15) is 37.2 Å². The number of benzene rings is 1. The normalized spacial score (nSPS) is 16.8. The number of para-hydroxylation sites is 2. The highest BCUT2D eigenvalue weighted by atomic mass is 32.2. The van der Waals surface area contributed by atoms with E-state index in [0.29, 0.717) is 30.9 Å². The molecule has 1 aromatic carbocycles. The molecule has 1 aromatic heterocycles. The number of nitrogens with one attached hydrogen (secondary N) is 1. The van der Waals surface area contributed by atoms with Crippen LogP contribution >= 0.6 is 0 Å². The van der Waals surface area contributed by atoms with Crippen LogP contribution in [0.4, 0.5) is 5.69 Å². The Labute approximate surface area is 182 Å². The van der Waals surface area contributed by atoms with Gasteiger partial charge in [-0.1, -0.05) is 12.1 Å². The van der Waals surface area contributed by atoms with Crippen molar-refractivity contribution in [3.8, 4) is 5.75 Å². The molecule has 168 valence electrons. The Hall–Kier alpha value is -2.85. The monoisotopic (exact) mass is 449 g/mol. The summed E-state index contributed by atoms with van der Waals surface area (Å²) in [7, 11) is -2.41. The number of aromatic nitrogens is 1. The minimum atomic E-state index is -3.98. The lowest BCUT2D eigenvalue weighted by Crippen LogP contribution is -2.43. The minimum absolute atomic E-state index is 0.0486. The van der Waals surface area contributed by atoms with Crippen molar-refractivity contribution >= 4 is 27.6 Å². The van der Waals surface area contributed by atoms with Gasteiger partial charge in [0.1, 0.15) is 22.4 Å². The third-order valence-corrected chi connectivity index (χ3v) is 6.90. The number of amides is 1. The van der Waals surface area contributed by atoms with Crippen LogP contribution in [0.5, 0.6) is 5.75 Å². The fourth-order valence-corrected chi connectivity index (χ4v) is 5.30. The standard InChI is InChI=1S/C21H27N3O6S/c1-4-29-19-11-7-6-9-16(19)22-20(25)17-10-8-12-24(17)31(27,28)15-13-18(23(3)14-15)21(26)30-5-2/h6-7,9,11,13-14,17H,4-5,8,10,12H2,1-3H3,(H,22,25)/t17-/m1/s1. The third kappa shape index (κ3) is 4.75. The van der Waals surface area contributed by atoms with Gasteiger partial charge >= 0.3 is 5.97 Å². The summed E-state index contributed by atoms with van der Waals surface area (Å²) in [6.45, 7) is 4.36. The first kappa shape index (κ1) is 22.8. The average Bonchev–Trinajstić information content (AvgIpc) is 3.37. The van der Waals surface area contributed by atoms with Crippen LogP contribution in [-0.4, -0.2) is 55.0 Å². The van der Waals surface area contributed by atoms with Gasteiger partial charge in [0.05, 0.1) is 18.9 Å². The quantitative estimate of drug-likeness (QED) is 0.620. The number of carbonyl (C=O) groups excluding carboxylic acids is 2. The first-order chi connectivity index (χ1) is 14.8. The molecule has 1 N–H and O–H groups in total. The Morgan fingerprint density at radius 1 is 1.19 bits per heavy atom. The molecule has 10 heteroatoms. The van der Waals surface area contributed by atoms with Crippen molar-refractivity contribution in [3.05, 3.63) is 42.2 Å². The molecule has 1 fully saturated rings. The molecule has 1 aliphatic rings. The molecule has 0 radical (unpaired) electrons. The van der Waals surface area contributed by atoms with Crippen LogP contribution < -0.4 is 10.1 Å². The van der Waals surface area contributed by atoms with Crippen LogP contribution in [0, 0.1) is 0 Å². The maximum Gasteiger partial charge on any atom is 0.354 e. The molecule has 31 heavy (non-hydrogen) atoms. The van der Waals surface area contributed by atoms with Gasteiger partial charge in [-0.25, -0.2) is 13.2 Å². The Balaban J connectivity index is 1.83. The molecule has 2 aromatic rings. The molecule has 1 aliphatic heterocycles. The molecule has 3 rings (SSSR count). The summed E-state index contributed by atoms with van der Waals surface area (Å²) < 4.78 is 39.6. The number of nitrogens with zero attached hydrogens (tertiary/aromatic N) is 2. The fraction of sp³-hybridized carbons (Fsp3) is 0.429. The summed E-state index contributed by atoms with van der Waals surface area (Å²) in [4.78, 5) is 25.0. The summed E-state index contributed by atoms with van der Waals surface area (Å²) >= 11 is 0. The Morgan fingerprint density at radius 3 is 2.65 bits per heavy atom. The van der Waals surface area contributed by atoms with Crippen molar-refractivity contribution in [3.63, 3.8) is 0 Å². The number of ether oxygens (including phenoxy) is 2. The highest BCUT2D eigenvalue weighted by Gasteiger charge is 2.40.